The molecule has 0 aromatic carbocycles. The van der Waals surface area contributed by atoms with E-state index < -0.39 is 0 Å². The zero-order valence-corrected chi connectivity index (χ0v) is 9.71. The number of aromatic nitrogens is 2. The van der Waals surface area contributed by atoms with Gasteiger partial charge in [0.05, 0.1) is 0 Å². The lowest BCUT2D eigenvalue weighted by Gasteiger charge is -2.18. The summed E-state index contributed by atoms with van der Waals surface area (Å²) >= 11 is 0. The Morgan fingerprint density at radius 2 is 2.19 bits per heavy atom. The van der Waals surface area contributed by atoms with Crippen LogP contribution in [0.25, 0.3) is 0 Å². The average Bonchev–Trinajstić information content (AvgIpc) is 2.82. The van der Waals surface area contributed by atoms with E-state index in [-0.39, 0.29) is 0 Å². The third-order valence-electron chi connectivity index (χ3n) is 3.86. The summed E-state index contributed by atoms with van der Waals surface area (Å²) in [4.78, 5) is 8.94. The van der Waals surface area contributed by atoms with Crippen molar-refractivity contribution in [2.75, 3.05) is 13.1 Å². The summed E-state index contributed by atoms with van der Waals surface area (Å²) in [5.41, 5.74) is 4.13. The second-order valence-electron chi connectivity index (χ2n) is 5.02. The number of nitrogens with zero attached hydrogens (tertiary/aromatic N) is 2. The molecule has 1 N–H and O–H groups in total. The monoisotopic (exact) mass is 217 g/mol. The molecule has 3 rings (SSSR count). The predicted octanol–water partition coefficient (Wildman–Crippen LogP) is 1.51. The summed E-state index contributed by atoms with van der Waals surface area (Å²) < 4.78 is 0. The zero-order chi connectivity index (χ0) is 10.8. The molecule has 1 aromatic rings. The molecular formula is C13H19N3. The molecule has 3 nitrogen and oxygen atoms in total. The summed E-state index contributed by atoms with van der Waals surface area (Å²) in [6.45, 7) is 2.34. The van der Waals surface area contributed by atoms with Crippen molar-refractivity contribution < 1.29 is 0 Å². The molecule has 16 heavy (non-hydrogen) atoms. The highest BCUT2D eigenvalue weighted by atomic mass is 14.9. The lowest BCUT2D eigenvalue weighted by molar-refractivity contribution is 0.557. The minimum Gasteiger partial charge on any atom is -0.316 e. The zero-order valence-electron chi connectivity index (χ0n) is 9.71. The molecule has 1 saturated heterocycles. The van der Waals surface area contributed by atoms with E-state index >= 15 is 0 Å². The Hall–Kier alpha value is -0.960. The van der Waals surface area contributed by atoms with Crippen molar-refractivity contribution in [3.8, 4) is 0 Å². The van der Waals surface area contributed by atoms with Crippen LogP contribution >= 0.6 is 0 Å². The van der Waals surface area contributed by atoms with Gasteiger partial charge in [0.25, 0.3) is 0 Å². The topological polar surface area (TPSA) is 37.8 Å². The van der Waals surface area contributed by atoms with Gasteiger partial charge in [-0.25, -0.2) is 9.97 Å². The van der Waals surface area contributed by atoms with Crippen LogP contribution in [0.3, 0.4) is 0 Å². The molecule has 1 aliphatic heterocycles. The molecule has 1 aromatic heterocycles. The first-order chi connectivity index (χ1) is 7.93. The molecule has 0 saturated carbocycles. The van der Waals surface area contributed by atoms with Crippen LogP contribution < -0.4 is 5.32 Å². The maximum absolute atomic E-state index is 4.52. The third kappa shape index (κ3) is 1.96. The van der Waals surface area contributed by atoms with Crippen molar-refractivity contribution in [2.45, 2.75) is 38.5 Å². The first-order valence-corrected chi connectivity index (χ1v) is 6.46. The van der Waals surface area contributed by atoms with E-state index in [2.05, 4.69) is 15.3 Å². The van der Waals surface area contributed by atoms with E-state index in [1.54, 1.807) is 6.33 Å². The average molecular weight is 217 g/mol. The molecule has 3 heteroatoms. The molecular weight excluding hydrogens is 198 g/mol. The summed E-state index contributed by atoms with van der Waals surface area (Å²) in [6, 6.07) is 0. The van der Waals surface area contributed by atoms with Crippen LogP contribution in [-0.4, -0.2) is 23.1 Å². The fourth-order valence-corrected chi connectivity index (χ4v) is 2.93. The van der Waals surface area contributed by atoms with Crippen LogP contribution in [0.1, 0.15) is 36.2 Å². The van der Waals surface area contributed by atoms with Crippen molar-refractivity contribution in [3.05, 3.63) is 23.3 Å². The highest BCUT2D eigenvalue weighted by Crippen LogP contribution is 2.24. The van der Waals surface area contributed by atoms with Gasteiger partial charge in [-0.1, -0.05) is 0 Å². The van der Waals surface area contributed by atoms with Gasteiger partial charge in [0.1, 0.15) is 6.33 Å². The van der Waals surface area contributed by atoms with E-state index in [0.717, 1.165) is 18.8 Å². The first kappa shape index (κ1) is 10.2. The van der Waals surface area contributed by atoms with Crippen LogP contribution in [0.15, 0.2) is 6.33 Å². The number of hydrogen-bond donors (Lipinski definition) is 1. The smallest absolute Gasteiger partial charge is 0.115 e. The molecule has 0 bridgehead atoms. The minimum absolute atomic E-state index is 0.793. The van der Waals surface area contributed by atoms with Crippen molar-refractivity contribution >= 4 is 0 Å². The second kappa shape index (κ2) is 4.50. The van der Waals surface area contributed by atoms with Crippen molar-refractivity contribution in [2.24, 2.45) is 5.92 Å². The van der Waals surface area contributed by atoms with Gasteiger partial charge in [-0.2, -0.15) is 0 Å². The van der Waals surface area contributed by atoms with E-state index in [0.29, 0.717) is 0 Å². The van der Waals surface area contributed by atoms with Gasteiger partial charge in [0.15, 0.2) is 0 Å². The second-order valence-corrected chi connectivity index (χ2v) is 5.02. The van der Waals surface area contributed by atoms with Crippen LogP contribution in [0.4, 0.5) is 0 Å². The van der Waals surface area contributed by atoms with Gasteiger partial charge >= 0.3 is 0 Å². The Morgan fingerprint density at radius 1 is 1.25 bits per heavy atom. The predicted molar refractivity (Wildman–Crippen MR) is 63.4 cm³/mol. The first-order valence-electron chi connectivity index (χ1n) is 6.46. The molecule has 1 atom stereocenters. The fraction of sp³-hybridized carbons (Fsp3) is 0.692. The molecule has 0 spiro atoms. The van der Waals surface area contributed by atoms with Gasteiger partial charge in [-0.05, 0) is 63.1 Å². The number of hydrogen-bond acceptors (Lipinski definition) is 3. The van der Waals surface area contributed by atoms with Gasteiger partial charge in [-0.3, -0.25) is 0 Å². The van der Waals surface area contributed by atoms with Crippen LogP contribution in [-0.2, 0) is 19.3 Å². The van der Waals surface area contributed by atoms with Gasteiger partial charge in [0, 0.05) is 11.4 Å². The van der Waals surface area contributed by atoms with Gasteiger partial charge in [0.2, 0.25) is 0 Å². The maximum atomic E-state index is 4.52. The van der Waals surface area contributed by atoms with E-state index in [1.165, 1.54) is 55.7 Å². The fourth-order valence-electron chi connectivity index (χ4n) is 2.93. The van der Waals surface area contributed by atoms with Crippen LogP contribution in [0.5, 0.6) is 0 Å². The van der Waals surface area contributed by atoms with Gasteiger partial charge < -0.3 is 5.32 Å². The molecule has 1 unspecified atom stereocenters. The van der Waals surface area contributed by atoms with Crippen molar-refractivity contribution in [3.63, 3.8) is 0 Å². The Labute approximate surface area is 96.7 Å². The number of nitrogens with one attached hydrogen (secondary N) is 1. The summed E-state index contributed by atoms with van der Waals surface area (Å²) in [5.74, 6) is 0.793. The number of rotatable bonds is 2. The Morgan fingerprint density at radius 3 is 3.06 bits per heavy atom. The Kier molecular flexibility index (Phi) is 2.87. The summed E-state index contributed by atoms with van der Waals surface area (Å²) in [7, 11) is 0. The molecule has 1 fully saturated rings. The Bertz CT molecular complexity index is 369. The van der Waals surface area contributed by atoms with E-state index in [4.69, 9.17) is 0 Å². The molecule has 1 aliphatic carbocycles. The lowest BCUT2D eigenvalue weighted by atomic mass is 9.91. The normalized spacial score (nSPS) is 24.4. The quantitative estimate of drug-likeness (QED) is 0.816. The third-order valence-corrected chi connectivity index (χ3v) is 3.86. The van der Waals surface area contributed by atoms with Crippen LogP contribution in [0, 0.1) is 5.92 Å². The molecule has 2 aliphatic rings. The van der Waals surface area contributed by atoms with E-state index in [1.807, 2.05) is 0 Å². The van der Waals surface area contributed by atoms with Crippen molar-refractivity contribution in [1.82, 2.24) is 15.3 Å². The molecule has 2 heterocycles. The van der Waals surface area contributed by atoms with Gasteiger partial charge in [-0.15, -0.1) is 0 Å². The largest absolute Gasteiger partial charge is 0.316 e. The highest BCUT2D eigenvalue weighted by molar-refractivity contribution is 5.27. The maximum Gasteiger partial charge on any atom is 0.115 e. The Balaban J connectivity index is 1.82. The standard InChI is InChI=1S/C13H19N3/c1-2-4-12-11(3-1)13(16-9-15-12)7-10-5-6-14-8-10/h9-10,14H,1-8H2. The minimum atomic E-state index is 0.793. The lowest BCUT2D eigenvalue weighted by Crippen LogP contribution is -2.15. The summed E-state index contributed by atoms with van der Waals surface area (Å²) in [5, 5.41) is 3.43. The number of fused-ring (bicyclic) bond motifs is 1. The molecule has 0 radical (unpaired) electrons. The number of aryl methyl sites for hydroxylation is 1. The SMILES string of the molecule is c1nc2c(c(CC3CCNC3)n1)CCCC2. The summed E-state index contributed by atoms with van der Waals surface area (Å²) in [6.07, 6.45) is 9.20. The highest BCUT2D eigenvalue weighted by Gasteiger charge is 2.20. The van der Waals surface area contributed by atoms with E-state index in [9.17, 15) is 0 Å². The van der Waals surface area contributed by atoms with Crippen molar-refractivity contribution in [1.29, 1.82) is 0 Å². The van der Waals surface area contributed by atoms with Crippen LogP contribution in [0.2, 0.25) is 0 Å². The molecule has 86 valence electrons. The molecule has 0 amide bonds.